The van der Waals surface area contributed by atoms with Gasteiger partial charge in [-0.15, -0.1) is 0 Å². The number of carbonyl (C=O) groups excluding carboxylic acids is 1. The average molecular weight is 562 g/mol. The van der Waals surface area contributed by atoms with E-state index in [1.807, 2.05) is 4.90 Å². The molecule has 1 amide bonds. The third-order valence-corrected chi connectivity index (χ3v) is 8.10. The summed E-state index contributed by atoms with van der Waals surface area (Å²) < 4.78 is 45.7. The SMILES string of the molecule is CCCCc1ccc(C2CCN(C(=O)COC3CCC(Nc4ccc([N+](=O)[O-])c(C(F)(F)F)c4)CC3)CC2)cc1. The quantitative estimate of drug-likeness (QED) is 0.247. The van der Waals surface area contributed by atoms with Crippen LogP contribution in [0, 0.1) is 10.1 Å². The van der Waals surface area contributed by atoms with E-state index in [4.69, 9.17) is 4.74 Å². The number of hydrogen-bond donors (Lipinski definition) is 1. The molecule has 40 heavy (non-hydrogen) atoms. The fourth-order valence-corrected chi connectivity index (χ4v) is 5.70. The Kier molecular flexibility index (Phi) is 10.1. The number of nitrogens with one attached hydrogen (secondary N) is 1. The number of amides is 1. The van der Waals surface area contributed by atoms with Gasteiger partial charge in [0.05, 0.1) is 11.0 Å². The zero-order valence-electron chi connectivity index (χ0n) is 22.9. The molecule has 10 heteroatoms. The molecule has 0 radical (unpaired) electrons. The number of rotatable bonds is 10. The van der Waals surface area contributed by atoms with Crippen molar-refractivity contribution >= 4 is 17.3 Å². The Hall–Kier alpha value is -3.14. The van der Waals surface area contributed by atoms with Gasteiger partial charge in [0.2, 0.25) is 5.91 Å². The molecular formula is C30H38F3N3O4. The summed E-state index contributed by atoms with van der Waals surface area (Å²) in [4.78, 5) is 24.6. The van der Waals surface area contributed by atoms with Crippen LogP contribution in [0.1, 0.15) is 80.9 Å². The van der Waals surface area contributed by atoms with Crippen LogP contribution in [0.4, 0.5) is 24.5 Å². The van der Waals surface area contributed by atoms with Crippen LogP contribution >= 0.6 is 0 Å². The highest BCUT2D eigenvalue weighted by atomic mass is 19.4. The summed E-state index contributed by atoms with van der Waals surface area (Å²) in [6.45, 7) is 3.67. The summed E-state index contributed by atoms with van der Waals surface area (Å²) in [6, 6.07) is 11.8. The fourth-order valence-electron chi connectivity index (χ4n) is 5.70. The highest BCUT2D eigenvalue weighted by molar-refractivity contribution is 5.77. The molecule has 0 bridgehead atoms. The van der Waals surface area contributed by atoms with Crippen LogP contribution in [0.5, 0.6) is 0 Å². The van der Waals surface area contributed by atoms with E-state index in [0.717, 1.165) is 44.5 Å². The van der Waals surface area contributed by atoms with Gasteiger partial charge in [0.25, 0.3) is 5.69 Å². The van der Waals surface area contributed by atoms with Crippen LogP contribution in [0.25, 0.3) is 0 Å². The Morgan fingerprint density at radius 3 is 2.33 bits per heavy atom. The summed E-state index contributed by atoms with van der Waals surface area (Å²) >= 11 is 0. The Labute approximate surface area is 233 Å². The molecule has 218 valence electrons. The van der Waals surface area contributed by atoms with E-state index in [-0.39, 0.29) is 30.3 Å². The zero-order valence-corrected chi connectivity index (χ0v) is 22.9. The fraction of sp³-hybridized carbons (Fsp3) is 0.567. The van der Waals surface area contributed by atoms with Crippen molar-refractivity contribution in [2.75, 3.05) is 25.0 Å². The van der Waals surface area contributed by atoms with Gasteiger partial charge >= 0.3 is 6.18 Å². The van der Waals surface area contributed by atoms with Crippen molar-refractivity contribution in [3.63, 3.8) is 0 Å². The van der Waals surface area contributed by atoms with E-state index in [1.165, 1.54) is 30.0 Å². The summed E-state index contributed by atoms with van der Waals surface area (Å²) in [7, 11) is 0. The van der Waals surface area contributed by atoms with Crippen LogP contribution in [-0.2, 0) is 22.1 Å². The molecule has 0 atom stereocenters. The molecule has 2 aromatic carbocycles. The number of alkyl halides is 3. The summed E-state index contributed by atoms with van der Waals surface area (Å²) in [6.07, 6.45) is 3.20. The second-order valence-electron chi connectivity index (χ2n) is 10.9. The van der Waals surface area contributed by atoms with E-state index in [2.05, 4.69) is 36.5 Å². The van der Waals surface area contributed by atoms with E-state index < -0.39 is 22.4 Å². The molecular weight excluding hydrogens is 523 g/mol. The number of aryl methyl sites for hydroxylation is 1. The van der Waals surface area contributed by atoms with E-state index >= 15 is 0 Å². The third-order valence-electron chi connectivity index (χ3n) is 8.10. The molecule has 7 nitrogen and oxygen atoms in total. The molecule has 1 aliphatic carbocycles. The number of anilines is 1. The first kappa shape index (κ1) is 29.8. The molecule has 1 heterocycles. The van der Waals surface area contributed by atoms with Gasteiger partial charge in [-0.2, -0.15) is 13.2 Å². The monoisotopic (exact) mass is 561 g/mol. The number of carbonyl (C=O) groups is 1. The van der Waals surface area contributed by atoms with Crippen molar-refractivity contribution in [2.45, 2.75) is 89.0 Å². The van der Waals surface area contributed by atoms with Crippen LogP contribution in [-0.4, -0.2) is 47.6 Å². The summed E-state index contributed by atoms with van der Waals surface area (Å²) in [5.74, 6) is 0.468. The Balaban J connectivity index is 1.18. The molecule has 0 aromatic heterocycles. The minimum Gasteiger partial charge on any atom is -0.382 e. The van der Waals surface area contributed by atoms with E-state index in [9.17, 15) is 28.1 Å². The molecule has 1 saturated heterocycles. The summed E-state index contributed by atoms with van der Waals surface area (Å²) in [5.41, 5.74) is 0.704. The maximum absolute atomic E-state index is 13.3. The minimum absolute atomic E-state index is 0.000767. The lowest BCUT2D eigenvalue weighted by atomic mass is 9.88. The van der Waals surface area contributed by atoms with Crippen molar-refractivity contribution in [1.29, 1.82) is 0 Å². The maximum atomic E-state index is 13.3. The van der Waals surface area contributed by atoms with Gasteiger partial charge in [-0.25, -0.2) is 0 Å². The minimum atomic E-state index is -4.81. The molecule has 2 fully saturated rings. The Bertz CT molecular complexity index is 1140. The first-order chi connectivity index (χ1) is 19.1. The second kappa shape index (κ2) is 13.5. The van der Waals surface area contributed by atoms with Gasteiger partial charge in [-0.3, -0.25) is 14.9 Å². The summed E-state index contributed by atoms with van der Waals surface area (Å²) in [5, 5.41) is 14.0. The van der Waals surface area contributed by atoms with Crippen molar-refractivity contribution in [1.82, 2.24) is 4.90 Å². The molecule has 1 aliphatic heterocycles. The molecule has 4 rings (SSSR count). The number of nitro groups is 1. The first-order valence-corrected chi connectivity index (χ1v) is 14.2. The van der Waals surface area contributed by atoms with Gasteiger partial charge in [0.1, 0.15) is 12.2 Å². The van der Waals surface area contributed by atoms with Gasteiger partial charge in [-0.05, 0) is 80.5 Å². The van der Waals surface area contributed by atoms with E-state index in [0.29, 0.717) is 31.6 Å². The second-order valence-corrected chi connectivity index (χ2v) is 10.9. The zero-order chi connectivity index (χ0) is 28.7. The average Bonchev–Trinajstić information content (AvgIpc) is 2.95. The maximum Gasteiger partial charge on any atom is 0.423 e. The number of halogens is 3. The molecule has 1 saturated carbocycles. The molecule has 2 aromatic rings. The Morgan fingerprint density at radius 2 is 1.73 bits per heavy atom. The highest BCUT2D eigenvalue weighted by Crippen LogP contribution is 2.38. The number of likely N-dealkylation sites (tertiary alicyclic amines) is 1. The van der Waals surface area contributed by atoms with Crippen molar-refractivity contribution in [2.24, 2.45) is 0 Å². The Morgan fingerprint density at radius 1 is 1.05 bits per heavy atom. The standard InChI is InChI=1S/C30H38F3N3O4/c1-2-3-4-21-5-7-22(8-6-21)23-15-17-35(18-16-23)29(37)20-40-26-12-9-24(10-13-26)34-25-11-14-28(36(38)39)27(19-25)30(31,32)33/h5-8,11,14,19,23-24,26,34H,2-4,9-10,12-13,15-18,20H2,1H3. The lowest BCUT2D eigenvalue weighted by Crippen LogP contribution is -2.41. The number of piperidine rings is 1. The number of hydrogen-bond acceptors (Lipinski definition) is 5. The molecule has 2 aliphatic rings. The molecule has 0 unspecified atom stereocenters. The lowest BCUT2D eigenvalue weighted by molar-refractivity contribution is -0.388. The number of nitrogens with zero attached hydrogens (tertiary/aromatic N) is 2. The van der Waals surface area contributed by atoms with Gasteiger partial charge in [0.15, 0.2) is 0 Å². The van der Waals surface area contributed by atoms with Gasteiger partial charge in [0, 0.05) is 30.9 Å². The molecule has 0 spiro atoms. The predicted octanol–water partition coefficient (Wildman–Crippen LogP) is 7.10. The topological polar surface area (TPSA) is 84.7 Å². The van der Waals surface area contributed by atoms with Crippen molar-refractivity contribution in [3.8, 4) is 0 Å². The lowest BCUT2D eigenvalue weighted by Gasteiger charge is -2.33. The van der Waals surface area contributed by atoms with Gasteiger partial charge in [-0.1, -0.05) is 37.6 Å². The van der Waals surface area contributed by atoms with Crippen LogP contribution < -0.4 is 5.32 Å². The van der Waals surface area contributed by atoms with Crippen molar-refractivity contribution < 1.29 is 27.6 Å². The number of ether oxygens (including phenoxy) is 1. The van der Waals surface area contributed by atoms with E-state index in [1.54, 1.807) is 0 Å². The highest BCUT2D eigenvalue weighted by Gasteiger charge is 2.38. The first-order valence-electron chi connectivity index (χ1n) is 14.2. The predicted molar refractivity (Wildman–Crippen MR) is 147 cm³/mol. The van der Waals surface area contributed by atoms with Gasteiger partial charge < -0.3 is 15.0 Å². The smallest absolute Gasteiger partial charge is 0.382 e. The van der Waals surface area contributed by atoms with Crippen LogP contribution in [0.3, 0.4) is 0 Å². The number of nitro benzene ring substituents is 1. The number of unbranched alkanes of at least 4 members (excludes halogenated alkanes) is 1. The van der Waals surface area contributed by atoms with Crippen molar-refractivity contribution in [3.05, 3.63) is 69.3 Å². The number of benzene rings is 2. The molecule has 1 N–H and O–H groups in total. The van der Waals surface area contributed by atoms with Crippen LogP contribution in [0.15, 0.2) is 42.5 Å². The van der Waals surface area contributed by atoms with Crippen LogP contribution in [0.2, 0.25) is 0 Å². The third kappa shape index (κ3) is 7.96. The normalized spacial score (nSPS) is 20.4. The largest absolute Gasteiger partial charge is 0.423 e.